The quantitative estimate of drug-likeness (QED) is 0.586. The number of fused-ring (bicyclic) bond motifs is 2. The van der Waals surface area contributed by atoms with Gasteiger partial charge < -0.3 is 0 Å². The van der Waals surface area contributed by atoms with Gasteiger partial charge in [-0.05, 0) is 45.8 Å². The third-order valence-corrected chi connectivity index (χ3v) is 5.41. The van der Waals surface area contributed by atoms with Crippen molar-refractivity contribution >= 4 is 37.3 Å². The van der Waals surface area contributed by atoms with Gasteiger partial charge in [0.25, 0.3) is 10.0 Å². The van der Waals surface area contributed by atoms with E-state index in [1.54, 1.807) is 18.2 Å². The molecule has 0 aromatic heterocycles. The lowest BCUT2D eigenvalue weighted by molar-refractivity contribution is 0.601. The van der Waals surface area contributed by atoms with E-state index in [9.17, 15) is 8.42 Å². The summed E-state index contributed by atoms with van der Waals surface area (Å²) in [5.74, 6) is 0. The second-order valence-electron chi connectivity index (χ2n) is 5.68. The van der Waals surface area contributed by atoms with Gasteiger partial charge in [0.1, 0.15) is 0 Å². The Morgan fingerprint density at radius 2 is 1.12 bits per heavy atom. The van der Waals surface area contributed by atoms with Crippen LogP contribution in [-0.4, -0.2) is 8.42 Å². The molecule has 0 saturated heterocycles. The Morgan fingerprint density at radius 3 is 1.79 bits per heavy atom. The van der Waals surface area contributed by atoms with Gasteiger partial charge in [-0.2, -0.15) is 0 Å². The fourth-order valence-electron chi connectivity index (χ4n) is 2.80. The SMILES string of the molecule is O=S(=O)(Nc1ccc2ccccc2c1)c1ccc2ccccc2c1. The molecule has 4 aromatic carbocycles. The molecule has 4 heteroatoms. The molecule has 3 nitrogen and oxygen atoms in total. The second kappa shape index (κ2) is 5.65. The highest BCUT2D eigenvalue weighted by Gasteiger charge is 2.14. The number of rotatable bonds is 3. The number of hydrogen-bond donors (Lipinski definition) is 1. The minimum Gasteiger partial charge on any atom is -0.280 e. The molecule has 118 valence electrons. The van der Waals surface area contributed by atoms with Crippen molar-refractivity contribution in [2.24, 2.45) is 0 Å². The number of hydrogen-bond acceptors (Lipinski definition) is 2. The molecule has 0 bridgehead atoms. The standard InChI is InChI=1S/C20H15NO2S/c22-24(23,20-12-10-16-6-2-4-8-18(16)14-20)21-19-11-9-15-5-1-3-7-17(15)13-19/h1-14,21H. The summed E-state index contributed by atoms with van der Waals surface area (Å²) < 4.78 is 28.0. The molecule has 0 unspecified atom stereocenters. The molecule has 0 fully saturated rings. The molecule has 0 amide bonds. The summed E-state index contributed by atoms with van der Waals surface area (Å²) in [7, 11) is -3.62. The molecule has 0 atom stereocenters. The van der Waals surface area contributed by atoms with E-state index in [1.165, 1.54) is 0 Å². The molecular formula is C20H15NO2S. The van der Waals surface area contributed by atoms with E-state index >= 15 is 0 Å². The van der Waals surface area contributed by atoms with Gasteiger partial charge in [-0.25, -0.2) is 8.42 Å². The maximum absolute atomic E-state index is 12.7. The van der Waals surface area contributed by atoms with Crippen LogP contribution < -0.4 is 4.72 Å². The van der Waals surface area contributed by atoms with Gasteiger partial charge in [0.2, 0.25) is 0 Å². The molecule has 0 aliphatic heterocycles. The minimum atomic E-state index is -3.62. The molecule has 4 aromatic rings. The minimum absolute atomic E-state index is 0.259. The Hall–Kier alpha value is -2.85. The first-order chi connectivity index (χ1) is 11.6. The van der Waals surface area contributed by atoms with Crippen LogP contribution in [0.3, 0.4) is 0 Å². The van der Waals surface area contributed by atoms with Gasteiger partial charge in [0.05, 0.1) is 4.90 Å². The molecule has 4 rings (SSSR count). The first-order valence-corrected chi connectivity index (χ1v) is 9.11. The molecule has 24 heavy (non-hydrogen) atoms. The Kier molecular flexibility index (Phi) is 3.47. The van der Waals surface area contributed by atoms with E-state index in [2.05, 4.69) is 4.72 Å². The van der Waals surface area contributed by atoms with E-state index in [0.717, 1.165) is 21.5 Å². The van der Waals surface area contributed by atoms with E-state index in [1.807, 2.05) is 66.7 Å². The van der Waals surface area contributed by atoms with E-state index in [-0.39, 0.29) is 4.90 Å². The van der Waals surface area contributed by atoms with Gasteiger partial charge in [0, 0.05) is 5.69 Å². The predicted molar refractivity (Wildman–Crippen MR) is 98.7 cm³/mol. The Bertz CT molecular complexity index is 1150. The summed E-state index contributed by atoms with van der Waals surface area (Å²) in [5, 5.41) is 3.99. The number of benzene rings is 4. The highest BCUT2D eigenvalue weighted by atomic mass is 32.2. The Morgan fingerprint density at radius 1 is 0.583 bits per heavy atom. The molecule has 0 heterocycles. The van der Waals surface area contributed by atoms with Gasteiger partial charge in [-0.3, -0.25) is 4.72 Å². The average Bonchev–Trinajstić information content (AvgIpc) is 2.61. The lowest BCUT2D eigenvalue weighted by atomic mass is 10.1. The van der Waals surface area contributed by atoms with Crippen molar-refractivity contribution < 1.29 is 8.42 Å². The van der Waals surface area contributed by atoms with Crippen molar-refractivity contribution in [1.29, 1.82) is 0 Å². The van der Waals surface area contributed by atoms with Crippen LogP contribution in [0.4, 0.5) is 5.69 Å². The molecule has 0 spiro atoms. The van der Waals surface area contributed by atoms with Crippen LogP contribution in [0, 0.1) is 0 Å². The maximum atomic E-state index is 12.7. The number of nitrogens with one attached hydrogen (secondary N) is 1. The third kappa shape index (κ3) is 2.72. The van der Waals surface area contributed by atoms with Crippen LogP contribution in [0.2, 0.25) is 0 Å². The Balaban J connectivity index is 1.72. The van der Waals surface area contributed by atoms with Crippen molar-refractivity contribution in [1.82, 2.24) is 0 Å². The van der Waals surface area contributed by atoms with Crippen molar-refractivity contribution in [3.63, 3.8) is 0 Å². The van der Waals surface area contributed by atoms with Crippen molar-refractivity contribution in [2.75, 3.05) is 4.72 Å². The largest absolute Gasteiger partial charge is 0.280 e. The molecular weight excluding hydrogens is 318 g/mol. The lowest BCUT2D eigenvalue weighted by Crippen LogP contribution is -2.12. The normalized spacial score (nSPS) is 11.7. The zero-order valence-electron chi connectivity index (χ0n) is 12.8. The summed E-state index contributed by atoms with van der Waals surface area (Å²) in [5.41, 5.74) is 0.557. The van der Waals surface area contributed by atoms with Crippen LogP contribution in [0.15, 0.2) is 89.8 Å². The van der Waals surface area contributed by atoms with Gasteiger partial charge in [0.15, 0.2) is 0 Å². The molecule has 0 aliphatic carbocycles. The predicted octanol–water partition coefficient (Wildman–Crippen LogP) is 4.79. The van der Waals surface area contributed by atoms with E-state index < -0.39 is 10.0 Å². The highest BCUT2D eigenvalue weighted by Crippen LogP contribution is 2.23. The summed E-state index contributed by atoms with van der Waals surface area (Å²) in [6.45, 7) is 0. The van der Waals surface area contributed by atoms with Gasteiger partial charge in [-0.15, -0.1) is 0 Å². The third-order valence-electron chi connectivity index (χ3n) is 4.03. The maximum Gasteiger partial charge on any atom is 0.261 e. The van der Waals surface area contributed by atoms with E-state index in [0.29, 0.717) is 5.69 Å². The molecule has 0 aliphatic rings. The van der Waals surface area contributed by atoms with Crippen molar-refractivity contribution in [2.45, 2.75) is 4.90 Å². The van der Waals surface area contributed by atoms with Gasteiger partial charge in [-0.1, -0.05) is 60.7 Å². The van der Waals surface area contributed by atoms with Crippen molar-refractivity contribution in [3.05, 3.63) is 84.9 Å². The topological polar surface area (TPSA) is 46.2 Å². The van der Waals surface area contributed by atoms with Crippen LogP contribution in [0.25, 0.3) is 21.5 Å². The van der Waals surface area contributed by atoms with Gasteiger partial charge >= 0.3 is 0 Å². The second-order valence-corrected chi connectivity index (χ2v) is 7.36. The Labute approximate surface area is 140 Å². The lowest BCUT2D eigenvalue weighted by Gasteiger charge is -2.10. The highest BCUT2D eigenvalue weighted by molar-refractivity contribution is 7.92. The van der Waals surface area contributed by atoms with Crippen LogP contribution in [-0.2, 0) is 10.0 Å². The zero-order valence-corrected chi connectivity index (χ0v) is 13.6. The molecule has 0 radical (unpaired) electrons. The average molecular weight is 333 g/mol. The summed E-state index contributed by atoms with van der Waals surface area (Å²) in [6, 6.07) is 26.2. The fraction of sp³-hybridized carbons (Fsp3) is 0. The van der Waals surface area contributed by atoms with Crippen LogP contribution >= 0.6 is 0 Å². The van der Waals surface area contributed by atoms with Crippen LogP contribution in [0.5, 0.6) is 0 Å². The first kappa shape index (κ1) is 14.7. The summed E-state index contributed by atoms with van der Waals surface area (Å²) >= 11 is 0. The summed E-state index contributed by atoms with van der Waals surface area (Å²) in [6.07, 6.45) is 0. The summed E-state index contributed by atoms with van der Waals surface area (Å²) in [4.78, 5) is 0.259. The monoisotopic (exact) mass is 333 g/mol. The molecule has 1 N–H and O–H groups in total. The fourth-order valence-corrected chi connectivity index (χ4v) is 3.89. The smallest absolute Gasteiger partial charge is 0.261 e. The number of sulfonamides is 1. The molecule has 0 saturated carbocycles. The zero-order chi connectivity index (χ0) is 16.6. The van der Waals surface area contributed by atoms with Crippen LogP contribution in [0.1, 0.15) is 0 Å². The van der Waals surface area contributed by atoms with Crippen molar-refractivity contribution in [3.8, 4) is 0 Å². The van der Waals surface area contributed by atoms with E-state index in [4.69, 9.17) is 0 Å². The first-order valence-electron chi connectivity index (χ1n) is 7.62. The number of anilines is 1.